The summed E-state index contributed by atoms with van der Waals surface area (Å²) >= 11 is 2.53. The van der Waals surface area contributed by atoms with E-state index in [1.54, 1.807) is 12.3 Å². The second-order valence-corrected chi connectivity index (χ2v) is 27.7. The zero-order valence-corrected chi connectivity index (χ0v) is 53.0. The fraction of sp³-hybridized carbons (Fsp3) is 0.175. The molecule has 0 spiro atoms. The van der Waals surface area contributed by atoms with Crippen LogP contribution in [0.15, 0.2) is 219 Å². The van der Waals surface area contributed by atoms with Crippen LogP contribution in [0.4, 0.5) is 0 Å². The molecule has 0 unspecified atom stereocenters. The molecule has 0 aliphatic carbocycles. The number of hydrogen-bond donors (Lipinski definition) is 0. The van der Waals surface area contributed by atoms with E-state index in [9.17, 15) is 0 Å². The fourth-order valence-electron chi connectivity index (χ4n) is 13.2. The molecule has 0 saturated heterocycles. The van der Waals surface area contributed by atoms with Crippen molar-refractivity contribution in [3.8, 4) is 62.1 Å². The van der Waals surface area contributed by atoms with Gasteiger partial charge in [0.1, 0.15) is 0 Å². The Kier molecular flexibility index (Phi) is 11.8. The number of aromatic nitrogens is 5. The molecule has 0 aliphatic rings. The van der Waals surface area contributed by atoms with Crippen molar-refractivity contribution in [2.24, 2.45) is 0 Å². The maximum atomic E-state index is 9.02. The van der Waals surface area contributed by atoms with Gasteiger partial charge in [0.15, 0.2) is 0 Å². The summed E-state index contributed by atoms with van der Waals surface area (Å²) in [6, 6.07) is 75.9. The number of fused-ring (bicyclic) bond motifs is 10. The topological polar surface area (TPSA) is 41.3 Å². The first-order valence-corrected chi connectivity index (χ1v) is 31.2. The Balaban J connectivity index is 0.910. The number of pyridine rings is 1. The van der Waals surface area contributed by atoms with E-state index in [0.29, 0.717) is 22.9 Å². The smallest absolute Gasteiger partial charge is 0.0579 e. The van der Waals surface area contributed by atoms with E-state index in [-0.39, 0.29) is 21.8 Å². The van der Waals surface area contributed by atoms with Crippen LogP contribution >= 0.6 is 0 Å². The van der Waals surface area contributed by atoms with E-state index in [1.807, 2.05) is 12.1 Å². The summed E-state index contributed by atoms with van der Waals surface area (Å²) < 4.78 is 44.6. The van der Waals surface area contributed by atoms with E-state index in [2.05, 4.69) is 301 Å². The molecular formula is C80H69N5OPt. The monoisotopic (exact) mass is 1310 g/mol. The van der Waals surface area contributed by atoms with Gasteiger partial charge in [0.25, 0.3) is 0 Å². The molecule has 10 aromatic carbocycles. The number of nitrogens with zero attached hydrogens (tertiary/aromatic N) is 5. The van der Waals surface area contributed by atoms with Crippen LogP contribution in [0.5, 0.6) is 11.5 Å². The maximum absolute atomic E-state index is 9.02. The Hall–Kier alpha value is -9.09. The van der Waals surface area contributed by atoms with Crippen molar-refractivity contribution in [2.75, 3.05) is 0 Å². The van der Waals surface area contributed by atoms with Crippen LogP contribution in [0.3, 0.4) is 0 Å². The molecule has 0 radical (unpaired) electrons. The average Bonchev–Trinajstić information content (AvgIpc) is 1.53. The number of rotatable bonds is 8. The number of hydrogen-bond acceptors (Lipinski definition) is 2. The van der Waals surface area contributed by atoms with E-state index in [4.69, 9.17) is 13.8 Å². The molecule has 0 amide bonds. The number of aryl methyl sites for hydroxylation is 2. The number of benzene rings is 10. The molecule has 87 heavy (non-hydrogen) atoms. The molecule has 15 rings (SSSR count). The van der Waals surface area contributed by atoms with E-state index < -0.39 is 6.85 Å². The van der Waals surface area contributed by atoms with Crippen molar-refractivity contribution in [3.63, 3.8) is 0 Å². The summed E-state index contributed by atoms with van der Waals surface area (Å²) in [6.07, 6.45) is 1.74. The summed E-state index contributed by atoms with van der Waals surface area (Å²) in [4.78, 5) is 5.22. The standard InChI is InChI=1S/C80H69N5O.Pt/c1-49-31-36-57(82-48-83(70-30-18-17-29-69(70)82)76-59(51-21-13-12-14-22-51)24-19-25-60(76)53-40-55(79(6,7)8)42-56(41-53)80(9,10)11)43-74(49)86-58-37-38-62-65-45-66-64-27-20-26-63-61-23-15-16-28-68(61)85(77(63)64)73(66)46-72(65)84(71(62)44-58)75-39-50(2)67(47-81-75)52-32-34-54(35-33-52)78(3,4)5;/h12-47H,1-11H3;/i2D3;. The third-order valence-electron chi connectivity index (χ3n) is 17.9. The fourth-order valence-corrected chi connectivity index (χ4v) is 14.3. The number of para-hydroxylation sites is 5. The molecule has 0 fully saturated rings. The Morgan fingerprint density at radius 3 is 1.70 bits per heavy atom. The van der Waals surface area contributed by atoms with Crippen LogP contribution in [0, 0.1) is 17.6 Å². The first-order chi connectivity index (χ1) is 43.0. The van der Waals surface area contributed by atoms with Crippen molar-refractivity contribution < 1.29 is 28.2 Å². The molecular weight excluding hydrogens is 1240 g/mol. The molecule has 0 atom stereocenters. The van der Waals surface area contributed by atoms with Crippen LogP contribution in [-0.4, -0.2) is 23.1 Å². The first kappa shape index (κ1) is 51.2. The van der Waals surface area contributed by atoms with Crippen LogP contribution in [0.1, 0.15) is 94.2 Å². The quantitative estimate of drug-likeness (QED) is 0.152. The Bertz CT molecular complexity index is 5440. The molecule has 0 N–H and O–H groups in total. The second kappa shape index (κ2) is 20.0. The molecule has 7 heteroatoms. The van der Waals surface area contributed by atoms with Gasteiger partial charge in [-0.05, 0) is 35.0 Å². The summed E-state index contributed by atoms with van der Waals surface area (Å²) in [5, 5.41) is 6.75. The molecule has 430 valence electrons. The average molecular weight is 1310 g/mol. The van der Waals surface area contributed by atoms with Crippen molar-refractivity contribution in [1.82, 2.24) is 23.1 Å². The Morgan fingerprint density at radius 2 is 1.00 bits per heavy atom. The third kappa shape index (κ3) is 8.92. The molecule has 5 heterocycles. The third-order valence-corrected chi connectivity index (χ3v) is 19.0. The first-order valence-electron chi connectivity index (χ1n) is 31.6. The van der Waals surface area contributed by atoms with Gasteiger partial charge in [-0.15, -0.1) is 0 Å². The van der Waals surface area contributed by atoms with Gasteiger partial charge in [-0.25, -0.2) is 0 Å². The molecule has 0 bridgehead atoms. The van der Waals surface area contributed by atoms with Gasteiger partial charge >= 0.3 is 352 Å². The normalized spacial score (nSPS) is 13.3. The predicted octanol–water partition coefficient (Wildman–Crippen LogP) is 21.4. The van der Waals surface area contributed by atoms with Crippen LogP contribution < -0.4 is 4.74 Å². The summed E-state index contributed by atoms with van der Waals surface area (Å²) in [5.74, 6) is 1.84. The van der Waals surface area contributed by atoms with Crippen molar-refractivity contribution in [2.45, 2.75) is 92.3 Å². The molecule has 0 saturated carbocycles. The minimum atomic E-state index is -2.45. The van der Waals surface area contributed by atoms with Gasteiger partial charge in [-0.2, -0.15) is 0 Å². The van der Waals surface area contributed by atoms with Gasteiger partial charge in [0.05, 0.1) is 16.6 Å². The SMILES string of the molecule is [2H]C([2H])([2H])c1cc(-n2c3cc(Oc4cc(-n5[c](=[Pt])n(-c6c(-c7ccccc7)cccc6-c6cc(C(C)(C)C)cc(C(C)(C)C)c6)c6ccccc65)ccc4C)ccc3c3cc4c5cccc6c7ccccc7n(c4cc32)c65)ncc1-c1ccc(C(C)(C)C)cc1. The minimum Gasteiger partial charge on any atom is -0.0579 e. The van der Waals surface area contributed by atoms with Crippen molar-refractivity contribution in [1.29, 1.82) is 0 Å². The van der Waals surface area contributed by atoms with Crippen molar-refractivity contribution in [3.05, 3.63) is 250 Å². The van der Waals surface area contributed by atoms with Gasteiger partial charge in [-0.3, -0.25) is 0 Å². The van der Waals surface area contributed by atoms with E-state index in [0.717, 1.165) is 92.3 Å². The van der Waals surface area contributed by atoms with Crippen molar-refractivity contribution >= 4 is 70.9 Å². The Morgan fingerprint density at radius 1 is 0.414 bits per heavy atom. The van der Waals surface area contributed by atoms with Crippen LogP contribution in [0.25, 0.3) is 122 Å². The summed E-state index contributed by atoms with van der Waals surface area (Å²) in [6.45, 7) is 20.0. The zero-order valence-electron chi connectivity index (χ0n) is 53.7. The van der Waals surface area contributed by atoms with E-state index >= 15 is 0 Å². The molecule has 6 nitrogen and oxygen atoms in total. The number of ether oxygens (including phenoxy) is 1. The van der Waals surface area contributed by atoms with Gasteiger partial charge in [0, 0.05) is 37.4 Å². The van der Waals surface area contributed by atoms with Gasteiger partial charge in [-0.1, -0.05) is 81.4 Å². The molecule has 15 aromatic rings. The van der Waals surface area contributed by atoms with Crippen LogP contribution in [0.2, 0.25) is 0 Å². The number of imidazole rings is 1. The Labute approximate surface area is 523 Å². The van der Waals surface area contributed by atoms with Gasteiger partial charge in [0.2, 0.25) is 0 Å². The summed E-state index contributed by atoms with van der Waals surface area (Å²) in [5.41, 5.74) is 20.0. The zero-order chi connectivity index (χ0) is 62.5. The minimum absolute atomic E-state index is 0.0628. The predicted molar refractivity (Wildman–Crippen MR) is 361 cm³/mol. The van der Waals surface area contributed by atoms with Crippen LogP contribution in [-0.2, 0) is 35.6 Å². The second-order valence-electron chi connectivity index (χ2n) is 26.7. The summed E-state index contributed by atoms with van der Waals surface area (Å²) in [7, 11) is 0. The molecule has 0 aliphatic heterocycles. The van der Waals surface area contributed by atoms with Gasteiger partial charge < -0.3 is 4.40 Å². The van der Waals surface area contributed by atoms with E-state index in [1.165, 1.54) is 43.9 Å². The molecule has 5 aromatic heterocycles.